The Balaban J connectivity index is 1.36. The molecule has 266 valence electrons. The van der Waals surface area contributed by atoms with Crippen LogP contribution in [0.5, 0.6) is 0 Å². The number of para-hydroxylation sites is 2. The maximum absolute atomic E-state index is 10.9. The topological polar surface area (TPSA) is 43.8 Å². The molecule has 0 aromatic heterocycles. The lowest BCUT2D eigenvalue weighted by Gasteiger charge is -2.44. The van der Waals surface area contributed by atoms with Gasteiger partial charge >= 0.3 is 5.97 Å². The van der Waals surface area contributed by atoms with Gasteiger partial charge in [-0.2, -0.15) is 0 Å². The highest BCUT2D eigenvalue weighted by molar-refractivity contribution is 7.00. The molecule has 1 N–H and O–H groups in total. The standard InChI is InChI=1S/C47H53BN2O2/c1-46(2,3)34-23-27-36(28-24-34)49-40-20-15-13-18-38(40)48-39-19-14-16-21-41(39)50(37-29-25-35(26-30-37)47(4,5)6)43-32-33(31-42(49)45(43)48)17-11-9-7-8-10-12-22-44(51)52/h13-16,18-21,23-32H,7-12,17,22H2,1-6H3,(H,51,52). The second kappa shape index (κ2) is 14.3. The van der Waals surface area contributed by atoms with Crippen molar-refractivity contribution < 1.29 is 9.90 Å². The SMILES string of the molecule is CC(C)(C)c1ccc(N2c3ccccc3B3c4ccccc4N(c4ccc(C(C)(C)C)cc4)c4cc(CCCCCCCCC(=O)O)cc2c43)cc1. The van der Waals surface area contributed by atoms with Crippen molar-refractivity contribution >= 4 is 63.2 Å². The molecule has 0 unspecified atom stereocenters. The van der Waals surface area contributed by atoms with E-state index in [1.165, 1.54) is 67.2 Å². The third-order valence-corrected chi connectivity index (χ3v) is 11.0. The average Bonchev–Trinajstić information content (AvgIpc) is 3.12. The molecule has 0 fully saturated rings. The smallest absolute Gasteiger partial charge is 0.303 e. The fraction of sp³-hybridized carbons (Fsp3) is 0.340. The average molecular weight is 689 g/mol. The number of rotatable bonds is 11. The summed E-state index contributed by atoms with van der Waals surface area (Å²) >= 11 is 0. The molecule has 0 spiro atoms. The van der Waals surface area contributed by atoms with Crippen molar-refractivity contribution in [2.24, 2.45) is 0 Å². The van der Waals surface area contributed by atoms with E-state index < -0.39 is 5.97 Å². The van der Waals surface area contributed by atoms with Crippen molar-refractivity contribution in [3.8, 4) is 0 Å². The minimum Gasteiger partial charge on any atom is -0.481 e. The summed E-state index contributed by atoms with van der Waals surface area (Å²) in [6, 6.07) is 41.4. The quantitative estimate of drug-likeness (QED) is 0.109. The van der Waals surface area contributed by atoms with Crippen LogP contribution in [0.1, 0.15) is 103 Å². The largest absolute Gasteiger partial charge is 0.481 e. The molecule has 4 nitrogen and oxygen atoms in total. The van der Waals surface area contributed by atoms with Crippen molar-refractivity contribution in [1.82, 2.24) is 0 Å². The van der Waals surface area contributed by atoms with Crippen LogP contribution in [0, 0.1) is 0 Å². The van der Waals surface area contributed by atoms with Crippen molar-refractivity contribution in [3.63, 3.8) is 0 Å². The van der Waals surface area contributed by atoms with Crippen molar-refractivity contribution in [1.29, 1.82) is 0 Å². The van der Waals surface area contributed by atoms with Crippen LogP contribution < -0.4 is 26.2 Å². The van der Waals surface area contributed by atoms with Crippen LogP contribution in [0.25, 0.3) is 0 Å². The zero-order valence-corrected chi connectivity index (χ0v) is 31.9. The molecular formula is C47H53BN2O2. The van der Waals surface area contributed by atoms with E-state index in [0.717, 1.165) is 44.9 Å². The first-order valence-corrected chi connectivity index (χ1v) is 19.3. The molecule has 2 heterocycles. The van der Waals surface area contributed by atoms with Gasteiger partial charge in [0.2, 0.25) is 0 Å². The summed E-state index contributed by atoms with van der Waals surface area (Å²) in [6.45, 7) is 13.8. The molecule has 2 aliphatic rings. The summed E-state index contributed by atoms with van der Waals surface area (Å²) < 4.78 is 0. The molecule has 0 saturated heterocycles. The third-order valence-electron chi connectivity index (χ3n) is 11.0. The highest BCUT2D eigenvalue weighted by Gasteiger charge is 2.43. The summed E-state index contributed by atoms with van der Waals surface area (Å²) in [5.41, 5.74) is 15.6. The van der Waals surface area contributed by atoms with Gasteiger partial charge in [0, 0.05) is 40.5 Å². The van der Waals surface area contributed by atoms with Crippen LogP contribution in [0.3, 0.4) is 0 Å². The minimum absolute atomic E-state index is 0.0749. The van der Waals surface area contributed by atoms with Gasteiger partial charge in [0.15, 0.2) is 0 Å². The molecule has 7 rings (SSSR count). The molecule has 2 aliphatic heterocycles. The Morgan fingerprint density at radius 1 is 0.558 bits per heavy atom. The number of carbonyl (C=O) groups is 1. The number of aryl methyl sites for hydroxylation is 1. The van der Waals surface area contributed by atoms with E-state index >= 15 is 0 Å². The van der Waals surface area contributed by atoms with Gasteiger partial charge < -0.3 is 14.9 Å². The zero-order valence-electron chi connectivity index (χ0n) is 31.9. The van der Waals surface area contributed by atoms with Gasteiger partial charge in [-0.1, -0.05) is 128 Å². The Kier molecular flexibility index (Phi) is 9.82. The van der Waals surface area contributed by atoms with Crippen LogP contribution in [0.2, 0.25) is 0 Å². The summed E-state index contributed by atoms with van der Waals surface area (Å²) in [6.07, 6.45) is 7.51. The number of benzene rings is 5. The highest BCUT2D eigenvalue weighted by atomic mass is 16.4. The first kappa shape index (κ1) is 35.6. The molecule has 52 heavy (non-hydrogen) atoms. The molecule has 5 aromatic rings. The van der Waals surface area contributed by atoms with E-state index in [9.17, 15) is 4.79 Å². The second-order valence-electron chi connectivity index (χ2n) is 16.9. The normalized spacial score (nSPS) is 13.5. The lowest BCUT2D eigenvalue weighted by atomic mass is 9.33. The number of unbranched alkanes of at least 4 members (excludes halogenated alkanes) is 5. The molecule has 0 aliphatic carbocycles. The van der Waals surface area contributed by atoms with E-state index in [4.69, 9.17) is 5.11 Å². The van der Waals surface area contributed by atoms with E-state index in [-0.39, 0.29) is 24.0 Å². The van der Waals surface area contributed by atoms with Crippen LogP contribution in [0.15, 0.2) is 109 Å². The Labute approximate surface area is 311 Å². The van der Waals surface area contributed by atoms with Crippen LogP contribution in [-0.4, -0.2) is 17.8 Å². The number of carboxylic acids is 1. The van der Waals surface area contributed by atoms with Crippen LogP contribution in [-0.2, 0) is 22.0 Å². The van der Waals surface area contributed by atoms with E-state index in [2.05, 4.69) is 161 Å². The summed E-state index contributed by atoms with van der Waals surface area (Å²) in [5, 5.41) is 9.00. The van der Waals surface area contributed by atoms with Crippen LogP contribution in [0.4, 0.5) is 34.1 Å². The number of aliphatic carboxylic acids is 1. The molecule has 0 amide bonds. The number of hydrogen-bond acceptors (Lipinski definition) is 3. The lowest BCUT2D eigenvalue weighted by molar-refractivity contribution is -0.137. The van der Waals surface area contributed by atoms with Crippen molar-refractivity contribution in [2.75, 3.05) is 9.80 Å². The first-order chi connectivity index (χ1) is 24.9. The molecule has 5 heteroatoms. The highest BCUT2D eigenvalue weighted by Crippen LogP contribution is 2.45. The van der Waals surface area contributed by atoms with Gasteiger partial charge in [-0.15, -0.1) is 0 Å². The summed E-state index contributed by atoms with van der Waals surface area (Å²) in [4.78, 5) is 16.0. The number of fused-ring (bicyclic) bond motifs is 4. The Morgan fingerprint density at radius 3 is 1.42 bits per heavy atom. The molecule has 0 atom stereocenters. The van der Waals surface area contributed by atoms with Gasteiger partial charge in [0.1, 0.15) is 0 Å². The third kappa shape index (κ3) is 7.03. The number of carboxylic acid groups (broad SMARTS) is 1. The molecule has 0 saturated carbocycles. The predicted octanol–water partition coefficient (Wildman–Crippen LogP) is 10.7. The van der Waals surface area contributed by atoms with Gasteiger partial charge in [0.25, 0.3) is 6.71 Å². The van der Waals surface area contributed by atoms with Gasteiger partial charge in [-0.05, 0) is 112 Å². The molecular weight excluding hydrogens is 635 g/mol. The van der Waals surface area contributed by atoms with Crippen molar-refractivity contribution in [2.45, 2.75) is 104 Å². The van der Waals surface area contributed by atoms with E-state index in [1.807, 2.05) is 0 Å². The van der Waals surface area contributed by atoms with Crippen LogP contribution >= 0.6 is 0 Å². The fourth-order valence-corrected chi connectivity index (χ4v) is 8.19. The number of nitrogens with zero attached hydrogens (tertiary/aromatic N) is 2. The maximum atomic E-state index is 10.9. The lowest BCUT2D eigenvalue weighted by Crippen LogP contribution is -2.61. The Bertz CT molecular complexity index is 1920. The number of hydrogen-bond donors (Lipinski definition) is 1. The van der Waals surface area contributed by atoms with Gasteiger partial charge in [-0.3, -0.25) is 4.79 Å². The molecule has 0 bridgehead atoms. The van der Waals surface area contributed by atoms with E-state index in [1.54, 1.807) is 0 Å². The summed E-state index contributed by atoms with van der Waals surface area (Å²) in [5.74, 6) is -0.692. The minimum atomic E-state index is -0.692. The monoisotopic (exact) mass is 688 g/mol. The number of anilines is 6. The van der Waals surface area contributed by atoms with Gasteiger partial charge in [-0.25, -0.2) is 0 Å². The first-order valence-electron chi connectivity index (χ1n) is 19.3. The maximum Gasteiger partial charge on any atom is 0.303 e. The zero-order chi connectivity index (χ0) is 36.6. The Hall–Kier alpha value is -4.77. The molecule has 5 aromatic carbocycles. The van der Waals surface area contributed by atoms with Crippen molar-refractivity contribution in [3.05, 3.63) is 126 Å². The summed E-state index contributed by atoms with van der Waals surface area (Å²) in [7, 11) is 0. The van der Waals surface area contributed by atoms with E-state index in [0.29, 0.717) is 0 Å². The predicted molar refractivity (Wildman–Crippen MR) is 222 cm³/mol. The Morgan fingerprint density at radius 2 is 0.981 bits per heavy atom. The van der Waals surface area contributed by atoms with Gasteiger partial charge in [0.05, 0.1) is 0 Å². The molecule has 0 radical (unpaired) electrons. The fourth-order valence-electron chi connectivity index (χ4n) is 8.19. The second-order valence-corrected chi connectivity index (χ2v) is 16.9.